The van der Waals surface area contributed by atoms with Gasteiger partial charge in [0.25, 0.3) is 5.91 Å². The highest BCUT2D eigenvalue weighted by atomic mass is 19.4. The number of amides is 2. The largest absolute Gasteiger partial charge is 0.455 e. The van der Waals surface area contributed by atoms with E-state index < -0.39 is 36.1 Å². The number of esters is 1. The van der Waals surface area contributed by atoms with Gasteiger partial charge >= 0.3 is 12.1 Å². The third-order valence-electron chi connectivity index (χ3n) is 5.14. The van der Waals surface area contributed by atoms with Gasteiger partial charge in [-0.05, 0) is 49.2 Å². The topological polar surface area (TPSA) is 75.7 Å². The number of carbonyl (C=O) groups is 3. The number of aryl methyl sites for hydroxylation is 1. The Kier molecular flexibility index (Phi) is 6.33. The second kappa shape index (κ2) is 8.79. The van der Waals surface area contributed by atoms with Crippen molar-refractivity contribution in [3.8, 4) is 0 Å². The second-order valence-corrected chi connectivity index (χ2v) is 7.36. The van der Waals surface area contributed by atoms with E-state index in [4.69, 9.17) is 4.74 Å². The Labute approximate surface area is 177 Å². The maximum atomic E-state index is 12.8. The molecule has 0 aliphatic carbocycles. The molecule has 2 aromatic rings. The van der Waals surface area contributed by atoms with E-state index in [-0.39, 0.29) is 24.6 Å². The van der Waals surface area contributed by atoms with Crippen molar-refractivity contribution in [1.29, 1.82) is 0 Å². The van der Waals surface area contributed by atoms with Crippen LogP contribution in [0.2, 0.25) is 0 Å². The van der Waals surface area contributed by atoms with Gasteiger partial charge in [0.15, 0.2) is 6.61 Å². The van der Waals surface area contributed by atoms with Gasteiger partial charge in [-0.2, -0.15) is 13.2 Å². The second-order valence-electron chi connectivity index (χ2n) is 7.36. The molecule has 1 aliphatic heterocycles. The van der Waals surface area contributed by atoms with Crippen molar-refractivity contribution in [3.63, 3.8) is 0 Å². The predicted molar refractivity (Wildman–Crippen MR) is 107 cm³/mol. The van der Waals surface area contributed by atoms with Gasteiger partial charge in [0.05, 0.1) is 11.5 Å². The zero-order valence-corrected chi connectivity index (χ0v) is 17.0. The lowest BCUT2D eigenvalue weighted by molar-refractivity contribution is -0.151. The van der Waals surface area contributed by atoms with Gasteiger partial charge in [-0.25, -0.2) is 0 Å². The van der Waals surface area contributed by atoms with Gasteiger partial charge < -0.3 is 15.0 Å². The summed E-state index contributed by atoms with van der Waals surface area (Å²) < 4.78 is 43.2. The zero-order valence-electron chi connectivity index (χ0n) is 17.0. The summed E-state index contributed by atoms with van der Waals surface area (Å²) in [6.45, 7) is 3.29. The molecule has 1 atom stereocenters. The Hall–Kier alpha value is -3.36. The maximum absolute atomic E-state index is 12.8. The first-order valence-corrected chi connectivity index (χ1v) is 9.56. The van der Waals surface area contributed by atoms with E-state index in [1.807, 2.05) is 26.0 Å². The highest BCUT2D eigenvalue weighted by Crippen LogP contribution is 2.31. The average Bonchev–Trinajstić information content (AvgIpc) is 3.09. The van der Waals surface area contributed by atoms with Crippen LogP contribution in [0, 0.1) is 19.8 Å². The standard InChI is InChI=1S/C22H21F3N2O4/c1-13-5-3-8-18(14(13)2)27-11-15(9-20(27)29)21(30)31-12-19(28)26-17-7-4-6-16(10-17)22(23,24)25/h3-8,10,15H,9,11-12H2,1-2H3,(H,26,28)/t15-/m0/s1. The lowest BCUT2D eigenvalue weighted by Crippen LogP contribution is -2.28. The van der Waals surface area contributed by atoms with Crippen molar-refractivity contribution in [3.05, 3.63) is 59.2 Å². The number of nitrogens with zero attached hydrogens (tertiary/aromatic N) is 1. The Balaban J connectivity index is 1.56. The Morgan fingerprint density at radius 1 is 1.16 bits per heavy atom. The van der Waals surface area contributed by atoms with E-state index in [2.05, 4.69) is 5.32 Å². The SMILES string of the molecule is Cc1cccc(N2C[C@@H](C(=O)OCC(=O)Nc3cccc(C(F)(F)F)c3)CC2=O)c1C. The van der Waals surface area contributed by atoms with Crippen LogP contribution >= 0.6 is 0 Å². The number of hydrogen-bond donors (Lipinski definition) is 1. The van der Waals surface area contributed by atoms with Crippen LogP contribution in [0.5, 0.6) is 0 Å². The van der Waals surface area contributed by atoms with Crippen molar-refractivity contribution in [1.82, 2.24) is 0 Å². The fourth-order valence-electron chi connectivity index (χ4n) is 3.35. The van der Waals surface area contributed by atoms with Crippen LogP contribution < -0.4 is 10.2 Å². The summed E-state index contributed by atoms with van der Waals surface area (Å²) in [6, 6.07) is 9.69. The van der Waals surface area contributed by atoms with Crippen LogP contribution in [0.1, 0.15) is 23.1 Å². The van der Waals surface area contributed by atoms with Gasteiger partial charge in [-0.15, -0.1) is 0 Å². The number of nitrogens with one attached hydrogen (secondary N) is 1. The molecular weight excluding hydrogens is 413 g/mol. The molecule has 1 saturated heterocycles. The summed E-state index contributed by atoms with van der Waals surface area (Å²) >= 11 is 0. The Morgan fingerprint density at radius 2 is 1.87 bits per heavy atom. The first kappa shape index (κ1) is 22.3. The monoisotopic (exact) mass is 434 g/mol. The number of halogens is 3. The molecule has 164 valence electrons. The van der Waals surface area contributed by atoms with Crippen LogP contribution in [-0.4, -0.2) is 30.9 Å². The van der Waals surface area contributed by atoms with Gasteiger partial charge in [0.1, 0.15) is 0 Å². The molecule has 1 fully saturated rings. The molecule has 31 heavy (non-hydrogen) atoms. The maximum Gasteiger partial charge on any atom is 0.416 e. The summed E-state index contributed by atoms with van der Waals surface area (Å²) in [5.74, 6) is -2.43. The van der Waals surface area contributed by atoms with Gasteiger partial charge in [-0.1, -0.05) is 18.2 Å². The molecule has 0 saturated carbocycles. The van der Waals surface area contributed by atoms with E-state index >= 15 is 0 Å². The summed E-state index contributed by atoms with van der Waals surface area (Å²) in [5, 5.41) is 2.26. The molecule has 3 rings (SSSR count). The molecule has 0 radical (unpaired) electrons. The van der Waals surface area contributed by atoms with Crippen LogP contribution in [0.25, 0.3) is 0 Å². The smallest absolute Gasteiger partial charge is 0.416 e. The lowest BCUT2D eigenvalue weighted by Gasteiger charge is -2.20. The van der Waals surface area contributed by atoms with Crippen molar-refractivity contribution in [2.75, 3.05) is 23.4 Å². The molecule has 1 aliphatic rings. The Morgan fingerprint density at radius 3 is 2.58 bits per heavy atom. The van der Waals surface area contributed by atoms with E-state index in [1.165, 1.54) is 11.0 Å². The number of rotatable bonds is 5. The lowest BCUT2D eigenvalue weighted by atomic mass is 10.1. The first-order chi connectivity index (χ1) is 14.6. The van der Waals surface area contributed by atoms with E-state index in [9.17, 15) is 27.6 Å². The first-order valence-electron chi connectivity index (χ1n) is 9.56. The fourth-order valence-corrected chi connectivity index (χ4v) is 3.35. The third kappa shape index (κ3) is 5.22. The molecular formula is C22H21F3N2O4. The van der Waals surface area contributed by atoms with E-state index in [0.29, 0.717) is 0 Å². The molecule has 6 nitrogen and oxygen atoms in total. The van der Waals surface area contributed by atoms with Crippen molar-refractivity contribution < 1.29 is 32.3 Å². The highest BCUT2D eigenvalue weighted by molar-refractivity contribution is 6.00. The summed E-state index contributed by atoms with van der Waals surface area (Å²) in [7, 11) is 0. The number of benzene rings is 2. The van der Waals surface area contributed by atoms with Crippen molar-refractivity contribution in [2.24, 2.45) is 5.92 Å². The van der Waals surface area contributed by atoms with Crippen LogP contribution in [0.4, 0.5) is 24.5 Å². The fraction of sp³-hybridized carbons (Fsp3) is 0.318. The number of ether oxygens (including phenoxy) is 1. The molecule has 2 aromatic carbocycles. The molecule has 0 unspecified atom stereocenters. The van der Waals surface area contributed by atoms with Crippen LogP contribution in [0.3, 0.4) is 0 Å². The normalized spacial score (nSPS) is 16.4. The zero-order chi connectivity index (χ0) is 22.8. The summed E-state index contributed by atoms with van der Waals surface area (Å²) in [4.78, 5) is 38.2. The minimum atomic E-state index is -4.54. The predicted octanol–water partition coefficient (Wildman–Crippen LogP) is 3.86. The molecule has 1 N–H and O–H groups in total. The van der Waals surface area contributed by atoms with Gasteiger partial charge in [0.2, 0.25) is 5.91 Å². The van der Waals surface area contributed by atoms with E-state index in [0.717, 1.165) is 35.0 Å². The quantitative estimate of drug-likeness (QED) is 0.726. The number of hydrogen-bond acceptors (Lipinski definition) is 4. The number of carbonyl (C=O) groups excluding carboxylic acids is 3. The molecule has 0 spiro atoms. The highest BCUT2D eigenvalue weighted by Gasteiger charge is 2.37. The molecule has 0 aromatic heterocycles. The molecule has 9 heteroatoms. The molecule has 0 bridgehead atoms. The van der Waals surface area contributed by atoms with Crippen LogP contribution in [-0.2, 0) is 25.3 Å². The minimum Gasteiger partial charge on any atom is -0.455 e. The van der Waals surface area contributed by atoms with E-state index in [1.54, 1.807) is 6.07 Å². The van der Waals surface area contributed by atoms with Crippen LogP contribution in [0.15, 0.2) is 42.5 Å². The number of alkyl halides is 3. The van der Waals surface area contributed by atoms with Crippen molar-refractivity contribution in [2.45, 2.75) is 26.4 Å². The third-order valence-corrected chi connectivity index (χ3v) is 5.14. The van der Waals surface area contributed by atoms with Crippen molar-refractivity contribution >= 4 is 29.2 Å². The van der Waals surface area contributed by atoms with Gasteiger partial charge in [0, 0.05) is 24.3 Å². The Bertz CT molecular complexity index is 1020. The summed E-state index contributed by atoms with van der Waals surface area (Å²) in [5.41, 5.74) is 1.71. The average molecular weight is 434 g/mol. The number of anilines is 2. The molecule has 2 amide bonds. The summed E-state index contributed by atoms with van der Waals surface area (Å²) in [6.07, 6.45) is -4.58. The van der Waals surface area contributed by atoms with Gasteiger partial charge in [-0.3, -0.25) is 14.4 Å². The molecule has 1 heterocycles. The minimum absolute atomic E-state index is 0.0402.